The summed E-state index contributed by atoms with van der Waals surface area (Å²) in [6.45, 7) is 4.40. The topological polar surface area (TPSA) is 13.1 Å². The Hall–Kier alpha value is -0.760. The summed E-state index contributed by atoms with van der Waals surface area (Å²) in [5.41, 5.74) is 0.976. The normalized spacial score (nSPS) is 11.4. The van der Waals surface area contributed by atoms with E-state index in [0.29, 0.717) is 5.92 Å². The lowest BCUT2D eigenvalue weighted by Crippen LogP contribution is -1.90. The largest absolute Gasteiger partial charge is 0.461 e. The highest BCUT2D eigenvalue weighted by Gasteiger charge is 2.05. The molecule has 2 aromatic rings. The van der Waals surface area contributed by atoms with Gasteiger partial charge in [-0.05, 0) is 30.2 Å². The zero-order chi connectivity index (χ0) is 10.1. The maximum absolute atomic E-state index is 5.71. The van der Waals surface area contributed by atoms with E-state index in [0.717, 1.165) is 22.2 Å². The molecule has 0 saturated heterocycles. The number of hydrogen-bond acceptors (Lipinski definition) is 1. The van der Waals surface area contributed by atoms with Crippen LogP contribution < -0.4 is 0 Å². The lowest BCUT2D eigenvalue weighted by atomic mass is 10.1. The fraction of sp³-hybridized carbons (Fsp3) is 0.333. The van der Waals surface area contributed by atoms with Gasteiger partial charge >= 0.3 is 0 Å². The smallest absolute Gasteiger partial charge is 0.134 e. The molecule has 2 rings (SSSR count). The molecular weight excluding hydrogens is 240 g/mol. The second kappa shape index (κ2) is 3.77. The second-order valence-corrected chi connectivity index (χ2v) is 4.91. The van der Waals surface area contributed by atoms with Crippen molar-refractivity contribution in [1.29, 1.82) is 0 Å². The number of hydrogen-bond donors (Lipinski definition) is 0. The van der Waals surface area contributed by atoms with E-state index in [4.69, 9.17) is 4.42 Å². The summed E-state index contributed by atoms with van der Waals surface area (Å²) >= 11 is 3.45. The quantitative estimate of drug-likeness (QED) is 0.773. The van der Waals surface area contributed by atoms with Crippen molar-refractivity contribution in [3.8, 4) is 0 Å². The second-order valence-electron chi connectivity index (χ2n) is 3.99. The molecule has 74 valence electrons. The van der Waals surface area contributed by atoms with Crippen molar-refractivity contribution in [1.82, 2.24) is 0 Å². The Morgan fingerprint density at radius 2 is 2.07 bits per heavy atom. The summed E-state index contributed by atoms with van der Waals surface area (Å²) in [7, 11) is 0. The summed E-state index contributed by atoms with van der Waals surface area (Å²) < 4.78 is 6.81. The van der Waals surface area contributed by atoms with Gasteiger partial charge in [0.25, 0.3) is 0 Å². The van der Waals surface area contributed by atoms with Gasteiger partial charge in [0.2, 0.25) is 0 Å². The first-order valence-corrected chi connectivity index (χ1v) is 5.62. The van der Waals surface area contributed by atoms with Crippen LogP contribution in [0.4, 0.5) is 0 Å². The van der Waals surface area contributed by atoms with E-state index in [2.05, 4.69) is 41.9 Å². The molecule has 0 fully saturated rings. The Balaban J connectivity index is 2.41. The van der Waals surface area contributed by atoms with Crippen LogP contribution in [0, 0.1) is 5.92 Å². The van der Waals surface area contributed by atoms with Gasteiger partial charge in [0, 0.05) is 16.3 Å². The third-order valence-corrected chi connectivity index (χ3v) is 2.63. The molecule has 0 aliphatic rings. The van der Waals surface area contributed by atoms with Crippen molar-refractivity contribution < 1.29 is 4.42 Å². The van der Waals surface area contributed by atoms with Crippen molar-refractivity contribution >= 4 is 26.9 Å². The molecule has 0 unspecified atom stereocenters. The molecular formula is C12H13BrO. The van der Waals surface area contributed by atoms with Crippen LogP contribution in [0.1, 0.15) is 19.6 Å². The third kappa shape index (κ3) is 2.01. The molecule has 0 spiro atoms. The highest BCUT2D eigenvalue weighted by atomic mass is 79.9. The predicted octanol–water partition coefficient (Wildman–Crippen LogP) is 4.39. The third-order valence-electron chi connectivity index (χ3n) is 2.14. The Morgan fingerprint density at radius 3 is 2.79 bits per heavy atom. The van der Waals surface area contributed by atoms with E-state index < -0.39 is 0 Å². The molecule has 0 atom stereocenters. The molecule has 14 heavy (non-hydrogen) atoms. The van der Waals surface area contributed by atoms with Gasteiger partial charge in [0.15, 0.2) is 0 Å². The summed E-state index contributed by atoms with van der Waals surface area (Å²) in [5.74, 6) is 1.71. The maximum Gasteiger partial charge on any atom is 0.134 e. The minimum atomic E-state index is 0.638. The van der Waals surface area contributed by atoms with Gasteiger partial charge in [0.1, 0.15) is 11.3 Å². The highest BCUT2D eigenvalue weighted by Crippen LogP contribution is 2.24. The van der Waals surface area contributed by atoms with Crippen LogP contribution in [-0.4, -0.2) is 0 Å². The van der Waals surface area contributed by atoms with Crippen LogP contribution in [-0.2, 0) is 6.42 Å². The predicted molar refractivity (Wildman–Crippen MR) is 62.5 cm³/mol. The van der Waals surface area contributed by atoms with Crippen molar-refractivity contribution in [2.24, 2.45) is 5.92 Å². The van der Waals surface area contributed by atoms with Crippen LogP contribution in [0.5, 0.6) is 0 Å². The number of furan rings is 1. The summed E-state index contributed by atoms with van der Waals surface area (Å²) in [6, 6.07) is 8.22. The molecule has 1 nitrogen and oxygen atoms in total. The fourth-order valence-corrected chi connectivity index (χ4v) is 1.95. The van der Waals surface area contributed by atoms with E-state index in [9.17, 15) is 0 Å². The Morgan fingerprint density at radius 1 is 1.29 bits per heavy atom. The molecule has 0 N–H and O–H groups in total. The van der Waals surface area contributed by atoms with Gasteiger partial charge in [-0.1, -0.05) is 29.8 Å². The molecule has 0 aliphatic heterocycles. The van der Waals surface area contributed by atoms with Crippen LogP contribution in [0.2, 0.25) is 0 Å². The molecule has 0 amide bonds. The van der Waals surface area contributed by atoms with Crippen LogP contribution in [0.25, 0.3) is 11.0 Å². The monoisotopic (exact) mass is 252 g/mol. The van der Waals surface area contributed by atoms with Gasteiger partial charge in [-0.15, -0.1) is 0 Å². The highest BCUT2D eigenvalue weighted by molar-refractivity contribution is 9.10. The van der Waals surface area contributed by atoms with E-state index in [1.54, 1.807) is 0 Å². The molecule has 1 heterocycles. The number of benzene rings is 1. The first-order chi connectivity index (χ1) is 6.65. The maximum atomic E-state index is 5.71. The number of halogens is 1. The average molecular weight is 253 g/mol. The van der Waals surface area contributed by atoms with Crippen LogP contribution in [0.15, 0.2) is 33.2 Å². The minimum absolute atomic E-state index is 0.638. The van der Waals surface area contributed by atoms with Gasteiger partial charge in [-0.25, -0.2) is 0 Å². The van der Waals surface area contributed by atoms with E-state index in [-0.39, 0.29) is 0 Å². The summed E-state index contributed by atoms with van der Waals surface area (Å²) in [4.78, 5) is 0. The van der Waals surface area contributed by atoms with E-state index in [1.807, 2.05) is 12.1 Å². The molecule has 0 radical (unpaired) electrons. The Labute approximate surface area is 92.2 Å². The van der Waals surface area contributed by atoms with Crippen molar-refractivity contribution in [3.05, 3.63) is 34.5 Å². The summed E-state index contributed by atoms with van der Waals surface area (Å²) in [6.07, 6.45) is 1.01. The SMILES string of the molecule is CC(C)Cc1cc2cc(Br)ccc2o1. The lowest BCUT2D eigenvalue weighted by molar-refractivity contribution is 0.500. The van der Waals surface area contributed by atoms with Crippen molar-refractivity contribution in [2.45, 2.75) is 20.3 Å². The van der Waals surface area contributed by atoms with Gasteiger partial charge in [-0.3, -0.25) is 0 Å². The van der Waals surface area contributed by atoms with Gasteiger partial charge in [-0.2, -0.15) is 0 Å². The molecule has 0 saturated carbocycles. The lowest BCUT2D eigenvalue weighted by Gasteiger charge is -1.98. The molecule has 0 bridgehead atoms. The Bertz CT molecular complexity index is 443. The zero-order valence-corrected chi connectivity index (χ0v) is 9.97. The first kappa shape index (κ1) is 9.78. The van der Waals surface area contributed by atoms with E-state index >= 15 is 0 Å². The summed E-state index contributed by atoms with van der Waals surface area (Å²) in [5, 5.41) is 1.18. The number of rotatable bonds is 2. The van der Waals surface area contributed by atoms with Crippen LogP contribution in [0.3, 0.4) is 0 Å². The molecule has 2 heteroatoms. The minimum Gasteiger partial charge on any atom is -0.461 e. The average Bonchev–Trinajstić information content (AvgIpc) is 2.44. The zero-order valence-electron chi connectivity index (χ0n) is 8.38. The van der Waals surface area contributed by atoms with Crippen LogP contribution >= 0.6 is 15.9 Å². The van der Waals surface area contributed by atoms with Crippen molar-refractivity contribution in [2.75, 3.05) is 0 Å². The first-order valence-electron chi connectivity index (χ1n) is 4.83. The Kier molecular flexibility index (Phi) is 2.64. The van der Waals surface area contributed by atoms with E-state index in [1.165, 1.54) is 5.39 Å². The molecule has 1 aromatic heterocycles. The van der Waals surface area contributed by atoms with Gasteiger partial charge in [0.05, 0.1) is 0 Å². The molecule has 0 aliphatic carbocycles. The number of fused-ring (bicyclic) bond motifs is 1. The van der Waals surface area contributed by atoms with Gasteiger partial charge < -0.3 is 4.42 Å². The standard InChI is InChI=1S/C12H13BrO/c1-8(2)5-11-7-9-6-10(13)3-4-12(9)14-11/h3-4,6-8H,5H2,1-2H3. The van der Waals surface area contributed by atoms with Crippen molar-refractivity contribution in [3.63, 3.8) is 0 Å². The molecule has 1 aromatic carbocycles. The fourth-order valence-electron chi connectivity index (χ4n) is 1.57.